The Bertz CT molecular complexity index is 1010. The maximum Gasteiger partial charge on any atom is 0.295 e. The van der Waals surface area contributed by atoms with E-state index in [9.17, 15) is 14.7 Å². The molecule has 0 radical (unpaired) electrons. The molecule has 0 bridgehead atoms. The number of carbonyl (C=O) groups excluding carboxylic acids is 2. The Morgan fingerprint density at radius 2 is 1.76 bits per heavy atom. The number of Topliss-reactive ketones (excluding diaryl/α,β-unsaturated/α-hetero) is 1. The molecule has 0 spiro atoms. The van der Waals surface area contributed by atoms with Crippen LogP contribution in [0.5, 0.6) is 5.75 Å². The summed E-state index contributed by atoms with van der Waals surface area (Å²) < 4.78 is 5.80. The molecular formula is C27H34N2O4. The van der Waals surface area contributed by atoms with Crippen molar-refractivity contribution >= 4 is 17.4 Å². The second-order valence-electron chi connectivity index (χ2n) is 8.31. The van der Waals surface area contributed by atoms with Crippen LogP contribution >= 0.6 is 0 Å². The molecule has 1 fully saturated rings. The highest BCUT2D eigenvalue weighted by atomic mass is 16.5. The zero-order valence-electron chi connectivity index (χ0n) is 20.0. The van der Waals surface area contributed by atoms with Gasteiger partial charge in [-0.25, -0.2) is 0 Å². The molecule has 0 saturated carbocycles. The lowest BCUT2D eigenvalue weighted by Gasteiger charge is -2.28. The van der Waals surface area contributed by atoms with Crippen molar-refractivity contribution in [1.82, 2.24) is 9.80 Å². The lowest BCUT2D eigenvalue weighted by atomic mass is 9.95. The van der Waals surface area contributed by atoms with Crippen LogP contribution in [0.2, 0.25) is 0 Å². The summed E-state index contributed by atoms with van der Waals surface area (Å²) in [6.45, 7) is 11.5. The molecule has 176 valence electrons. The minimum atomic E-state index is -0.674. The van der Waals surface area contributed by atoms with Crippen LogP contribution < -0.4 is 4.74 Å². The van der Waals surface area contributed by atoms with Gasteiger partial charge in [0, 0.05) is 18.7 Å². The number of aryl methyl sites for hydroxylation is 1. The van der Waals surface area contributed by atoms with Gasteiger partial charge in [0.1, 0.15) is 11.5 Å². The molecule has 0 aromatic heterocycles. The van der Waals surface area contributed by atoms with Crippen LogP contribution in [0.3, 0.4) is 0 Å². The summed E-state index contributed by atoms with van der Waals surface area (Å²) in [6, 6.07) is 14.1. The number of benzene rings is 2. The van der Waals surface area contributed by atoms with Gasteiger partial charge in [-0.2, -0.15) is 0 Å². The molecule has 3 rings (SSSR count). The first-order valence-electron chi connectivity index (χ1n) is 11.7. The van der Waals surface area contributed by atoms with E-state index in [4.69, 9.17) is 4.74 Å². The van der Waals surface area contributed by atoms with E-state index in [1.807, 2.05) is 50.2 Å². The number of nitrogens with zero attached hydrogens (tertiary/aromatic N) is 2. The van der Waals surface area contributed by atoms with Crippen molar-refractivity contribution in [2.75, 3.05) is 32.8 Å². The molecule has 1 N–H and O–H groups in total. The number of amides is 1. The van der Waals surface area contributed by atoms with Crippen molar-refractivity contribution in [2.45, 2.75) is 40.2 Å². The fourth-order valence-corrected chi connectivity index (χ4v) is 4.11. The van der Waals surface area contributed by atoms with Crippen LogP contribution in [0.4, 0.5) is 0 Å². The Morgan fingerprint density at radius 3 is 2.39 bits per heavy atom. The van der Waals surface area contributed by atoms with Gasteiger partial charge >= 0.3 is 0 Å². The fraction of sp³-hybridized carbons (Fsp3) is 0.407. The third kappa shape index (κ3) is 5.45. The number of aliphatic hydroxyl groups excluding tert-OH is 1. The number of aliphatic hydroxyl groups is 1. The van der Waals surface area contributed by atoms with Crippen LogP contribution in [-0.2, 0) is 9.59 Å². The van der Waals surface area contributed by atoms with Crippen LogP contribution in [0.1, 0.15) is 49.9 Å². The first kappa shape index (κ1) is 24.5. The van der Waals surface area contributed by atoms with Gasteiger partial charge < -0.3 is 19.6 Å². The lowest BCUT2D eigenvalue weighted by molar-refractivity contribution is -0.140. The summed E-state index contributed by atoms with van der Waals surface area (Å²) in [4.78, 5) is 30.1. The summed E-state index contributed by atoms with van der Waals surface area (Å²) in [5, 5.41) is 11.2. The molecule has 2 aromatic rings. The Hall–Kier alpha value is -3.12. The summed E-state index contributed by atoms with van der Waals surface area (Å²) in [7, 11) is 0. The molecule has 1 aliphatic rings. The number of hydrogen-bond donors (Lipinski definition) is 1. The predicted molar refractivity (Wildman–Crippen MR) is 130 cm³/mol. The summed E-state index contributed by atoms with van der Waals surface area (Å²) in [5.74, 6) is -0.708. The van der Waals surface area contributed by atoms with Gasteiger partial charge in [0.2, 0.25) is 0 Å². The van der Waals surface area contributed by atoms with E-state index in [0.717, 1.165) is 30.6 Å². The van der Waals surface area contributed by atoms with E-state index >= 15 is 0 Å². The van der Waals surface area contributed by atoms with Gasteiger partial charge in [0.05, 0.1) is 18.2 Å². The number of likely N-dealkylation sites (N-methyl/N-ethyl adjacent to an activating group) is 1. The number of carbonyl (C=O) groups is 2. The largest absolute Gasteiger partial charge is 0.507 e. The lowest BCUT2D eigenvalue weighted by Crippen LogP contribution is -2.38. The highest BCUT2D eigenvalue weighted by Gasteiger charge is 2.46. The molecule has 1 aliphatic heterocycles. The van der Waals surface area contributed by atoms with E-state index < -0.39 is 17.7 Å². The average Bonchev–Trinajstić information content (AvgIpc) is 3.08. The molecule has 6 nitrogen and oxygen atoms in total. The van der Waals surface area contributed by atoms with Crippen molar-refractivity contribution in [1.29, 1.82) is 0 Å². The highest BCUT2D eigenvalue weighted by Crippen LogP contribution is 2.40. The second kappa shape index (κ2) is 11.1. The van der Waals surface area contributed by atoms with Crippen molar-refractivity contribution in [3.8, 4) is 5.75 Å². The van der Waals surface area contributed by atoms with Gasteiger partial charge in [-0.3, -0.25) is 9.59 Å². The molecule has 0 aliphatic carbocycles. The predicted octanol–water partition coefficient (Wildman–Crippen LogP) is 4.55. The van der Waals surface area contributed by atoms with Crippen LogP contribution in [-0.4, -0.2) is 59.4 Å². The van der Waals surface area contributed by atoms with Crippen molar-refractivity contribution in [3.05, 3.63) is 70.8 Å². The zero-order valence-corrected chi connectivity index (χ0v) is 20.0. The molecule has 1 atom stereocenters. The second-order valence-corrected chi connectivity index (χ2v) is 8.31. The molecule has 1 unspecified atom stereocenters. The smallest absolute Gasteiger partial charge is 0.295 e. The minimum absolute atomic E-state index is 0.121. The van der Waals surface area contributed by atoms with E-state index in [1.165, 1.54) is 0 Å². The number of ether oxygens (including phenoxy) is 1. The first-order chi connectivity index (χ1) is 15.9. The van der Waals surface area contributed by atoms with Gasteiger partial charge in [-0.05, 0) is 44.1 Å². The van der Waals surface area contributed by atoms with Crippen LogP contribution in [0, 0.1) is 6.92 Å². The average molecular weight is 451 g/mol. The van der Waals surface area contributed by atoms with E-state index in [1.54, 1.807) is 17.0 Å². The summed E-state index contributed by atoms with van der Waals surface area (Å²) in [6.07, 6.45) is 0.875. The number of hydrogen-bond acceptors (Lipinski definition) is 5. The number of likely N-dealkylation sites (tertiary alicyclic amines) is 1. The van der Waals surface area contributed by atoms with Crippen LogP contribution in [0.15, 0.2) is 54.1 Å². The Morgan fingerprint density at radius 1 is 1.06 bits per heavy atom. The number of ketones is 1. The summed E-state index contributed by atoms with van der Waals surface area (Å²) in [5.41, 5.74) is 2.43. The van der Waals surface area contributed by atoms with Crippen molar-refractivity contribution in [3.63, 3.8) is 0 Å². The van der Waals surface area contributed by atoms with Crippen molar-refractivity contribution < 1.29 is 19.4 Å². The molecular weight excluding hydrogens is 416 g/mol. The summed E-state index contributed by atoms with van der Waals surface area (Å²) >= 11 is 0. The zero-order chi connectivity index (χ0) is 24.0. The Kier molecular flexibility index (Phi) is 8.28. The first-order valence-corrected chi connectivity index (χ1v) is 11.7. The third-order valence-corrected chi connectivity index (χ3v) is 6.06. The van der Waals surface area contributed by atoms with E-state index in [0.29, 0.717) is 31.0 Å². The van der Waals surface area contributed by atoms with Crippen molar-refractivity contribution in [2.24, 2.45) is 0 Å². The van der Waals surface area contributed by atoms with Gasteiger partial charge in [0.15, 0.2) is 0 Å². The maximum absolute atomic E-state index is 13.2. The molecule has 1 heterocycles. The topological polar surface area (TPSA) is 70.1 Å². The standard InChI is InChI=1S/C27H34N2O4/c1-5-17-33-22-10-8-9-21(18-22)24-23(25(30)20-13-11-19(4)12-14-20)26(31)27(32)29(24)16-15-28(6-2)7-3/h8-14,18,24,30H,5-7,15-17H2,1-4H3/b25-23-. The fourth-order valence-electron chi connectivity index (χ4n) is 4.11. The highest BCUT2D eigenvalue weighted by molar-refractivity contribution is 6.46. The Labute approximate surface area is 196 Å². The molecule has 2 aromatic carbocycles. The van der Waals surface area contributed by atoms with Gasteiger partial charge in [-0.15, -0.1) is 0 Å². The molecule has 1 saturated heterocycles. The minimum Gasteiger partial charge on any atom is -0.507 e. The molecule has 33 heavy (non-hydrogen) atoms. The van der Waals surface area contributed by atoms with E-state index in [-0.39, 0.29) is 11.3 Å². The monoisotopic (exact) mass is 450 g/mol. The van der Waals surface area contributed by atoms with Crippen LogP contribution in [0.25, 0.3) is 5.76 Å². The maximum atomic E-state index is 13.2. The van der Waals surface area contributed by atoms with E-state index in [2.05, 4.69) is 18.7 Å². The number of rotatable bonds is 10. The van der Waals surface area contributed by atoms with Gasteiger partial charge in [-0.1, -0.05) is 62.7 Å². The van der Waals surface area contributed by atoms with Gasteiger partial charge in [0.25, 0.3) is 11.7 Å². The third-order valence-electron chi connectivity index (χ3n) is 6.06. The normalized spacial score (nSPS) is 17.7. The quantitative estimate of drug-likeness (QED) is 0.327. The SMILES string of the molecule is CCCOc1cccc(C2/C(=C(/O)c3ccc(C)cc3)C(=O)C(=O)N2CCN(CC)CC)c1. The molecule has 1 amide bonds. The molecule has 6 heteroatoms. The Balaban J connectivity index is 2.08.